The molecule has 0 bridgehead atoms. The highest BCUT2D eigenvalue weighted by molar-refractivity contribution is 6.09. The minimum absolute atomic E-state index is 1.08. The molecular formula is C60H42N2. The third kappa shape index (κ3) is 6.84. The predicted octanol–water partition coefficient (Wildman–Crippen LogP) is 17.1. The summed E-state index contributed by atoms with van der Waals surface area (Å²) in [6, 6.07) is 92.1. The van der Waals surface area contributed by atoms with Crippen molar-refractivity contribution < 1.29 is 0 Å². The third-order valence-corrected chi connectivity index (χ3v) is 12.0. The van der Waals surface area contributed by atoms with E-state index in [4.69, 9.17) is 0 Å². The highest BCUT2D eigenvalue weighted by atomic mass is 15.2. The summed E-state index contributed by atoms with van der Waals surface area (Å²) in [5, 5.41) is 7.31. The number of hydrogen-bond donors (Lipinski definition) is 0. The Labute approximate surface area is 362 Å². The van der Waals surface area contributed by atoms with Crippen LogP contribution in [0.1, 0.15) is 0 Å². The van der Waals surface area contributed by atoms with Crippen molar-refractivity contribution in [1.29, 1.82) is 0 Å². The average Bonchev–Trinajstić information content (AvgIpc) is 3.35. The van der Waals surface area contributed by atoms with Crippen molar-refractivity contribution in [1.82, 2.24) is 0 Å². The van der Waals surface area contributed by atoms with E-state index >= 15 is 0 Å². The van der Waals surface area contributed by atoms with Gasteiger partial charge in [-0.3, -0.25) is 0 Å². The first kappa shape index (κ1) is 36.8. The fourth-order valence-corrected chi connectivity index (χ4v) is 9.06. The lowest BCUT2D eigenvalue weighted by atomic mass is 9.90. The summed E-state index contributed by atoms with van der Waals surface area (Å²) < 4.78 is 0. The molecule has 0 heterocycles. The quantitative estimate of drug-likeness (QED) is 0.144. The molecule has 292 valence electrons. The van der Waals surface area contributed by atoms with E-state index in [1.165, 1.54) is 54.9 Å². The number of hydrogen-bond acceptors (Lipinski definition) is 2. The average molecular weight is 791 g/mol. The van der Waals surface area contributed by atoms with Crippen LogP contribution in [0, 0.1) is 0 Å². The van der Waals surface area contributed by atoms with Gasteiger partial charge in [0.1, 0.15) is 0 Å². The van der Waals surface area contributed by atoms with Gasteiger partial charge in [-0.1, -0.05) is 182 Å². The normalized spacial score (nSPS) is 11.2. The van der Waals surface area contributed by atoms with Crippen LogP contribution >= 0.6 is 0 Å². The highest BCUT2D eigenvalue weighted by Crippen LogP contribution is 2.46. The Morgan fingerprint density at radius 1 is 0.210 bits per heavy atom. The maximum absolute atomic E-state index is 2.40. The van der Waals surface area contributed by atoms with Crippen molar-refractivity contribution in [3.63, 3.8) is 0 Å². The summed E-state index contributed by atoms with van der Waals surface area (Å²) >= 11 is 0. The van der Waals surface area contributed by atoms with Gasteiger partial charge in [-0.2, -0.15) is 0 Å². The van der Waals surface area contributed by atoms with Crippen LogP contribution in [0.15, 0.2) is 255 Å². The van der Waals surface area contributed by atoms with E-state index in [0.717, 1.165) is 44.9 Å². The molecule has 11 aromatic rings. The van der Waals surface area contributed by atoms with E-state index in [1.807, 2.05) is 0 Å². The third-order valence-electron chi connectivity index (χ3n) is 12.0. The largest absolute Gasteiger partial charge is 0.310 e. The zero-order valence-electron chi connectivity index (χ0n) is 34.1. The Hall–Kier alpha value is -8.20. The minimum Gasteiger partial charge on any atom is -0.310 e. The second-order valence-electron chi connectivity index (χ2n) is 15.7. The topological polar surface area (TPSA) is 6.48 Å². The number of benzene rings is 11. The SMILES string of the molecule is c1ccc(-c2ccc(N(c3ccc(-c4cc(-c5cccc6ccccc56)c5ccccc5c4)cc3)c3ccc(N(c4ccccc4)c4ccccc4)c4ccccc34)cc2)cc1. The van der Waals surface area contributed by atoms with Gasteiger partial charge in [0, 0.05) is 33.5 Å². The van der Waals surface area contributed by atoms with Crippen molar-refractivity contribution in [2.45, 2.75) is 0 Å². The Morgan fingerprint density at radius 3 is 1.15 bits per heavy atom. The lowest BCUT2D eigenvalue weighted by Crippen LogP contribution is -2.13. The molecule has 0 N–H and O–H groups in total. The molecule has 0 aliphatic rings. The molecule has 11 aromatic carbocycles. The molecule has 0 spiro atoms. The number of anilines is 6. The molecule has 0 fully saturated rings. The number of fused-ring (bicyclic) bond motifs is 3. The van der Waals surface area contributed by atoms with Gasteiger partial charge in [0.25, 0.3) is 0 Å². The Kier molecular flexibility index (Phi) is 9.57. The standard InChI is InChI=1S/C60H42N2/c1-4-17-43(18-5-1)44-31-35-51(36-32-44)62(60-40-39-59(56-28-14-15-29-57(56)60)61(49-22-6-2-7-23-49)50-24-8-3-9-25-50)52-37-33-45(34-38-52)48-41-47-20-11-13-27-54(47)58(42-48)55-30-16-21-46-19-10-12-26-53(46)55/h1-42H. The zero-order chi connectivity index (χ0) is 41.2. The molecule has 0 radical (unpaired) electrons. The second-order valence-corrected chi connectivity index (χ2v) is 15.7. The summed E-state index contributed by atoms with van der Waals surface area (Å²) in [5.74, 6) is 0. The molecule has 0 aromatic heterocycles. The lowest BCUT2D eigenvalue weighted by molar-refractivity contribution is 1.28. The summed E-state index contributed by atoms with van der Waals surface area (Å²) in [4.78, 5) is 4.76. The Bertz CT molecular complexity index is 3280. The van der Waals surface area contributed by atoms with E-state index in [1.54, 1.807) is 0 Å². The maximum Gasteiger partial charge on any atom is 0.0541 e. The van der Waals surface area contributed by atoms with E-state index in [-0.39, 0.29) is 0 Å². The van der Waals surface area contributed by atoms with Crippen molar-refractivity contribution >= 4 is 66.4 Å². The predicted molar refractivity (Wildman–Crippen MR) is 265 cm³/mol. The van der Waals surface area contributed by atoms with Gasteiger partial charge in [0.05, 0.1) is 11.4 Å². The molecule has 0 amide bonds. The van der Waals surface area contributed by atoms with Crippen LogP contribution in [0.2, 0.25) is 0 Å². The van der Waals surface area contributed by atoms with Gasteiger partial charge in [-0.05, 0) is 128 Å². The fourth-order valence-electron chi connectivity index (χ4n) is 9.06. The minimum atomic E-state index is 1.08. The van der Waals surface area contributed by atoms with Crippen LogP contribution in [0.25, 0.3) is 65.7 Å². The molecule has 0 atom stereocenters. The smallest absolute Gasteiger partial charge is 0.0541 e. The zero-order valence-corrected chi connectivity index (χ0v) is 34.1. The van der Waals surface area contributed by atoms with Crippen LogP contribution in [0.4, 0.5) is 34.1 Å². The second kappa shape index (κ2) is 16.1. The van der Waals surface area contributed by atoms with E-state index in [0.29, 0.717) is 0 Å². The summed E-state index contributed by atoms with van der Waals surface area (Å²) in [6.07, 6.45) is 0. The van der Waals surface area contributed by atoms with Gasteiger partial charge in [0.15, 0.2) is 0 Å². The van der Waals surface area contributed by atoms with Gasteiger partial charge in [-0.25, -0.2) is 0 Å². The fraction of sp³-hybridized carbons (Fsp3) is 0. The number of nitrogens with zero attached hydrogens (tertiary/aromatic N) is 2. The molecule has 0 unspecified atom stereocenters. The molecule has 11 rings (SSSR count). The first-order valence-corrected chi connectivity index (χ1v) is 21.3. The first-order valence-electron chi connectivity index (χ1n) is 21.3. The van der Waals surface area contributed by atoms with E-state index in [2.05, 4.69) is 265 Å². The van der Waals surface area contributed by atoms with Crippen molar-refractivity contribution in [3.8, 4) is 33.4 Å². The summed E-state index contributed by atoms with van der Waals surface area (Å²) in [6.45, 7) is 0. The molecule has 0 saturated heterocycles. The monoisotopic (exact) mass is 790 g/mol. The molecule has 0 aliphatic carbocycles. The molecule has 62 heavy (non-hydrogen) atoms. The van der Waals surface area contributed by atoms with Gasteiger partial charge in [-0.15, -0.1) is 0 Å². The Balaban J connectivity index is 1.06. The highest BCUT2D eigenvalue weighted by Gasteiger charge is 2.21. The number of para-hydroxylation sites is 2. The van der Waals surface area contributed by atoms with Crippen LogP contribution < -0.4 is 9.80 Å². The molecule has 0 saturated carbocycles. The van der Waals surface area contributed by atoms with E-state index < -0.39 is 0 Å². The van der Waals surface area contributed by atoms with Crippen molar-refractivity contribution in [2.24, 2.45) is 0 Å². The van der Waals surface area contributed by atoms with Crippen molar-refractivity contribution in [2.75, 3.05) is 9.80 Å². The molecule has 2 nitrogen and oxygen atoms in total. The molecular weight excluding hydrogens is 749 g/mol. The van der Waals surface area contributed by atoms with Crippen LogP contribution in [0.3, 0.4) is 0 Å². The Morgan fingerprint density at radius 2 is 0.597 bits per heavy atom. The van der Waals surface area contributed by atoms with Gasteiger partial charge in [0.2, 0.25) is 0 Å². The summed E-state index contributed by atoms with van der Waals surface area (Å²) in [7, 11) is 0. The van der Waals surface area contributed by atoms with Crippen molar-refractivity contribution in [3.05, 3.63) is 255 Å². The van der Waals surface area contributed by atoms with Gasteiger partial charge >= 0.3 is 0 Å². The van der Waals surface area contributed by atoms with Gasteiger partial charge < -0.3 is 9.80 Å². The maximum atomic E-state index is 2.40. The molecule has 2 heteroatoms. The van der Waals surface area contributed by atoms with E-state index in [9.17, 15) is 0 Å². The first-order chi connectivity index (χ1) is 30.8. The van der Waals surface area contributed by atoms with Crippen LogP contribution in [0.5, 0.6) is 0 Å². The number of rotatable bonds is 9. The lowest BCUT2D eigenvalue weighted by Gasteiger charge is -2.30. The summed E-state index contributed by atoms with van der Waals surface area (Å²) in [5.41, 5.74) is 13.8. The van der Waals surface area contributed by atoms with Crippen LogP contribution in [-0.2, 0) is 0 Å². The van der Waals surface area contributed by atoms with Crippen LogP contribution in [-0.4, -0.2) is 0 Å². The molecule has 0 aliphatic heterocycles.